The van der Waals surface area contributed by atoms with Gasteiger partial charge < -0.3 is 0 Å². The van der Waals surface area contributed by atoms with Crippen LogP contribution in [-0.4, -0.2) is 0 Å². The molecule has 7 rings (SSSR count). The summed E-state index contributed by atoms with van der Waals surface area (Å²) in [7, 11) is 0. The summed E-state index contributed by atoms with van der Waals surface area (Å²) in [6.45, 7) is 4.03. The molecule has 0 unspecified atom stereocenters. The van der Waals surface area contributed by atoms with Gasteiger partial charge in [0, 0.05) is 32.3 Å². The Morgan fingerprint density at radius 2 is 0.781 bits per heavy atom. The number of aryl methyl sites for hydroxylation is 2. The van der Waals surface area contributed by atoms with Gasteiger partial charge >= 0.3 is 0 Å². The lowest BCUT2D eigenvalue weighted by Gasteiger charge is -2.17. The summed E-state index contributed by atoms with van der Waals surface area (Å²) >= 11 is 0. The molecular weight excluding hydrogens is 392 g/mol. The zero-order valence-corrected chi connectivity index (χ0v) is 17.7. The molecule has 0 heterocycles. The predicted molar refractivity (Wildman–Crippen MR) is 136 cm³/mol. The van der Waals surface area contributed by atoms with Crippen molar-refractivity contribution in [2.75, 3.05) is 0 Å². The van der Waals surface area contributed by atoms with E-state index in [-0.39, 0.29) is 10.9 Å². The smallest absolute Gasteiger partial charge is 0.194 e. The van der Waals surface area contributed by atoms with Crippen LogP contribution in [0.1, 0.15) is 11.1 Å². The van der Waals surface area contributed by atoms with E-state index in [1.165, 1.54) is 0 Å². The molecule has 7 aromatic carbocycles. The van der Waals surface area contributed by atoms with Gasteiger partial charge in [0.2, 0.25) is 0 Å². The molecule has 0 atom stereocenters. The van der Waals surface area contributed by atoms with Crippen LogP contribution in [0.2, 0.25) is 0 Å². The van der Waals surface area contributed by atoms with E-state index in [4.69, 9.17) is 0 Å². The fourth-order valence-corrected chi connectivity index (χ4v) is 5.69. The van der Waals surface area contributed by atoms with Crippen molar-refractivity contribution in [3.05, 3.63) is 104 Å². The Bertz CT molecular complexity index is 1880. The zero-order valence-electron chi connectivity index (χ0n) is 17.7. The van der Waals surface area contributed by atoms with Crippen LogP contribution in [0.5, 0.6) is 0 Å². The Hall–Kier alpha value is -4.04. The van der Waals surface area contributed by atoms with Gasteiger partial charge in [0.25, 0.3) is 0 Å². The fourth-order valence-electron chi connectivity index (χ4n) is 5.69. The van der Waals surface area contributed by atoms with Gasteiger partial charge in [-0.05, 0) is 58.3 Å². The number of benzene rings is 7. The van der Waals surface area contributed by atoms with Gasteiger partial charge in [0.05, 0.1) is 0 Å². The average molecular weight is 410 g/mol. The molecule has 0 N–H and O–H groups in total. The Labute approximate surface area is 183 Å². The van der Waals surface area contributed by atoms with Crippen LogP contribution in [0.3, 0.4) is 0 Å². The molecule has 0 aliphatic heterocycles. The maximum Gasteiger partial charge on any atom is 0.194 e. The minimum Gasteiger partial charge on any atom is -0.289 e. The van der Waals surface area contributed by atoms with Crippen molar-refractivity contribution < 1.29 is 0 Å². The Kier molecular flexibility index (Phi) is 3.19. The van der Waals surface area contributed by atoms with E-state index in [2.05, 4.69) is 36.4 Å². The molecule has 0 saturated carbocycles. The molecule has 0 aliphatic rings. The molecule has 2 nitrogen and oxygen atoms in total. The van der Waals surface area contributed by atoms with Crippen LogP contribution in [-0.2, 0) is 0 Å². The van der Waals surface area contributed by atoms with Crippen LogP contribution in [0.15, 0.2) is 82.4 Å². The maximum absolute atomic E-state index is 13.6. The molecule has 0 aromatic heterocycles. The third-order valence-electron chi connectivity index (χ3n) is 7.03. The van der Waals surface area contributed by atoms with E-state index in [0.717, 1.165) is 75.8 Å². The minimum absolute atomic E-state index is 0.0699. The number of hydrogen-bond donors (Lipinski definition) is 0. The van der Waals surface area contributed by atoms with Crippen LogP contribution >= 0.6 is 0 Å². The lowest BCUT2D eigenvalue weighted by Crippen LogP contribution is -2.07. The van der Waals surface area contributed by atoms with E-state index in [1.807, 2.05) is 50.2 Å². The molecule has 0 bridgehead atoms. The second kappa shape index (κ2) is 5.80. The van der Waals surface area contributed by atoms with Gasteiger partial charge in [0.1, 0.15) is 0 Å². The van der Waals surface area contributed by atoms with E-state index < -0.39 is 0 Å². The van der Waals surface area contributed by atoms with Gasteiger partial charge in [-0.25, -0.2) is 0 Å². The number of hydrogen-bond acceptors (Lipinski definition) is 2. The lowest BCUT2D eigenvalue weighted by atomic mass is 9.84. The number of rotatable bonds is 0. The van der Waals surface area contributed by atoms with Gasteiger partial charge in [-0.3, -0.25) is 9.59 Å². The molecule has 0 radical (unpaired) electrons. The SMILES string of the molecule is Cc1ccc2c(c1)c(=O)c1cccc3c1c2c1cccc2c(=O)c4cc(C)ccc4c3c21. The predicted octanol–water partition coefficient (Wildman–Crippen LogP) is 6.82. The standard InChI is InChI=1S/C30H18O2/c1-15-9-11-17-23(13-15)29(31)21-7-3-6-20-26-18-12-10-16(2)14-24(18)30(32)22-8-4-5-19(28(22)26)25(17)27(20)21/h3-14H,1-2H3. The van der Waals surface area contributed by atoms with Crippen LogP contribution in [0.4, 0.5) is 0 Å². The second-order valence-electron chi connectivity index (χ2n) is 8.96. The van der Waals surface area contributed by atoms with E-state index in [9.17, 15) is 9.59 Å². The molecule has 7 aromatic rings. The van der Waals surface area contributed by atoms with Gasteiger partial charge in [0.15, 0.2) is 10.9 Å². The highest BCUT2D eigenvalue weighted by Gasteiger charge is 2.21. The van der Waals surface area contributed by atoms with Crippen molar-refractivity contribution in [1.29, 1.82) is 0 Å². The summed E-state index contributed by atoms with van der Waals surface area (Å²) in [5.74, 6) is 0. The monoisotopic (exact) mass is 410 g/mol. The normalized spacial score (nSPS) is 12.3. The van der Waals surface area contributed by atoms with Crippen molar-refractivity contribution in [2.45, 2.75) is 13.8 Å². The fraction of sp³-hybridized carbons (Fsp3) is 0.0667. The van der Waals surface area contributed by atoms with Gasteiger partial charge in [-0.2, -0.15) is 0 Å². The lowest BCUT2D eigenvalue weighted by molar-refractivity contribution is 1.50. The van der Waals surface area contributed by atoms with Crippen molar-refractivity contribution in [3.63, 3.8) is 0 Å². The second-order valence-corrected chi connectivity index (χ2v) is 8.96. The summed E-state index contributed by atoms with van der Waals surface area (Å²) in [6.07, 6.45) is 0. The molecule has 0 amide bonds. The van der Waals surface area contributed by atoms with E-state index >= 15 is 0 Å². The van der Waals surface area contributed by atoms with Gasteiger partial charge in [-0.1, -0.05) is 71.8 Å². The first kappa shape index (κ1) is 17.6. The summed E-state index contributed by atoms with van der Waals surface area (Å²) in [6, 6.07) is 24.2. The van der Waals surface area contributed by atoms with Crippen molar-refractivity contribution in [2.24, 2.45) is 0 Å². The van der Waals surface area contributed by atoms with Gasteiger partial charge in [-0.15, -0.1) is 0 Å². The molecule has 0 saturated heterocycles. The first-order valence-electron chi connectivity index (χ1n) is 10.9. The maximum atomic E-state index is 13.6. The topological polar surface area (TPSA) is 34.1 Å². The first-order valence-corrected chi connectivity index (χ1v) is 10.9. The molecule has 0 spiro atoms. The average Bonchev–Trinajstić information content (AvgIpc) is 2.80. The molecule has 150 valence electrons. The third kappa shape index (κ3) is 2.00. The van der Waals surface area contributed by atoms with Crippen LogP contribution in [0, 0.1) is 13.8 Å². The largest absolute Gasteiger partial charge is 0.289 e. The first-order chi connectivity index (χ1) is 15.5. The minimum atomic E-state index is 0.0699. The van der Waals surface area contributed by atoms with Crippen LogP contribution < -0.4 is 10.9 Å². The highest BCUT2D eigenvalue weighted by Crippen LogP contribution is 2.43. The Morgan fingerprint density at radius 1 is 0.406 bits per heavy atom. The van der Waals surface area contributed by atoms with Crippen molar-refractivity contribution in [1.82, 2.24) is 0 Å². The highest BCUT2D eigenvalue weighted by atomic mass is 16.1. The van der Waals surface area contributed by atoms with Crippen LogP contribution in [0.25, 0.3) is 64.6 Å². The van der Waals surface area contributed by atoms with E-state index in [0.29, 0.717) is 0 Å². The molecular formula is C30H18O2. The molecule has 2 heteroatoms. The summed E-state index contributed by atoms with van der Waals surface area (Å²) in [5, 5.41) is 11.1. The van der Waals surface area contributed by atoms with E-state index in [1.54, 1.807) is 0 Å². The summed E-state index contributed by atoms with van der Waals surface area (Å²) in [4.78, 5) is 27.1. The molecule has 32 heavy (non-hydrogen) atoms. The number of fused-ring (bicyclic) bond motifs is 6. The Balaban J connectivity index is 1.98. The summed E-state index contributed by atoms with van der Waals surface area (Å²) in [5.41, 5.74) is 2.27. The third-order valence-corrected chi connectivity index (χ3v) is 7.03. The Morgan fingerprint density at radius 3 is 1.22 bits per heavy atom. The van der Waals surface area contributed by atoms with Crippen molar-refractivity contribution >= 4 is 64.6 Å². The molecule has 0 aliphatic carbocycles. The zero-order chi connectivity index (χ0) is 21.7. The summed E-state index contributed by atoms with van der Waals surface area (Å²) < 4.78 is 0. The van der Waals surface area contributed by atoms with Crippen molar-refractivity contribution in [3.8, 4) is 0 Å². The molecule has 0 fully saturated rings. The quantitative estimate of drug-likeness (QED) is 0.203. The highest BCUT2D eigenvalue weighted by molar-refractivity contribution is 6.41.